The number of nitriles is 1. The first-order valence-corrected chi connectivity index (χ1v) is 20.6. The molecule has 1 fully saturated rings. The van der Waals surface area contributed by atoms with E-state index in [0.717, 1.165) is 27.8 Å². The van der Waals surface area contributed by atoms with Crippen molar-refractivity contribution in [3.8, 4) is 17.2 Å². The molecule has 1 aliphatic heterocycles. The smallest absolute Gasteiger partial charge is 0.412 e. The van der Waals surface area contributed by atoms with Gasteiger partial charge in [0.1, 0.15) is 5.54 Å². The molecule has 1 saturated heterocycles. The van der Waals surface area contributed by atoms with E-state index in [0.29, 0.717) is 46.7 Å². The molecule has 2 heterocycles. The van der Waals surface area contributed by atoms with E-state index >= 15 is 0 Å². The number of hydrogen-bond donors (Lipinski definition) is 1. The first-order valence-electron chi connectivity index (χ1n) is 20.2. The van der Waals surface area contributed by atoms with Gasteiger partial charge in [-0.05, 0) is 86.2 Å². The van der Waals surface area contributed by atoms with Gasteiger partial charge in [0.05, 0.1) is 28.5 Å². The highest BCUT2D eigenvalue weighted by atomic mass is 35.5. The van der Waals surface area contributed by atoms with E-state index < -0.39 is 35.2 Å². The van der Waals surface area contributed by atoms with Gasteiger partial charge in [-0.15, -0.1) is 0 Å². The van der Waals surface area contributed by atoms with Crippen molar-refractivity contribution < 1.29 is 23.9 Å². The van der Waals surface area contributed by atoms with Gasteiger partial charge in [0, 0.05) is 35.0 Å². The predicted octanol–water partition coefficient (Wildman–Crippen LogP) is 10.4. The molecule has 7 rings (SSSR count). The summed E-state index contributed by atoms with van der Waals surface area (Å²) >= 11 is 6.75. The Labute approximate surface area is 355 Å². The topological polar surface area (TPSA) is 127 Å². The van der Waals surface area contributed by atoms with Crippen molar-refractivity contribution in [3.05, 3.63) is 155 Å². The van der Waals surface area contributed by atoms with Crippen LogP contribution in [0.4, 0.5) is 10.6 Å². The van der Waals surface area contributed by atoms with Crippen LogP contribution in [-0.2, 0) is 24.6 Å². The second-order valence-corrected chi connectivity index (χ2v) is 16.9. The lowest BCUT2D eigenvalue weighted by atomic mass is 9.77. The molecule has 11 heteroatoms. The maximum Gasteiger partial charge on any atom is 0.412 e. The Morgan fingerprint density at radius 2 is 1.43 bits per heavy atom. The van der Waals surface area contributed by atoms with Gasteiger partial charge in [0.15, 0.2) is 5.82 Å². The molecule has 0 spiro atoms. The minimum absolute atomic E-state index is 0.102. The van der Waals surface area contributed by atoms with Gasteiger partial charge >= 0.3 is 12.1 Å². The van der Waals surface area contributed by atoms with E-state index in [4.69, 9.17) is 26.2 Å². The van der Waals surface area contributed by atoms with E-state index in [2.05, 4.69) is 47.8 Å². The van der Waals surface area contributed by atoms with Crippen LogP contribution in [0.25, 0.3) is 22.0 Å². The number of fused-ring (bicyclic) bond motifs is 1. The van der Waals surface area contributed by atoms with Gasteiger partial charge in [-0.1, -0.05) is 123 Å². The molecule has 0 bridgehead atoms. The fraction of sp³-hybridized carbons (Fsp3) is 0.286. The summed E-state index contributed by atoms with van der Waals surface area (Å²) in [6.45, 7) is 9.32. The zero-order valence-corrected chi connectivity index (χ0v) is 35.1. The van der Waals surface area contributed by atoms with Crippen LogP contribution in [0, 0.1) is 28.6 Å². The highest BCUT2D eigenvalue weighted by Gasteiger charge is 2.42. The Morgan fingerprint density at radius 3 is 1.98 bits per heavy atom. The van der Waals surface area contributed by atoms with Crippen LogP contribution in [0.2, 0.25) is 5.02 Å². The van der Waals surface area contributed by atoms with Crippen LogP contribution < -0.4 is 5.32 Å². The third-order valence-electron chi connectivity index (χ3n) is 10.9. The number of hydrogen-bond acceptors (Lipinski definition) is 7. The van der Waals surface area contributed by atoms with Crippen LogP contribution in [0.1, 0.15) is 69.7 Å². The zero-order chi connectivity index (χ0) is 42.6. The maximum atomic E-state index is 14.5. The second kappa shape index (κ2) is 17.4. The molecule has 2 atom stereocenters. The van der Waals surface area contributed by atoms with Crippen molar-refractivity contribution in [2.45, 2.75) is 59.3 Å². The van der Waals surface area contributed by atoms with E-state index in [9.17, 15) is 19.6 Å². The number of benzene rings is 5. The number of anilines is 1. The second-order valence-electron chi connectivity index (χ2n) is 16.5. The summed E-state index contributed by atoms with van der Waals surface area (Å²) in [5.74, 6) is -1.34. The highest BCUT2D eigenvalue weighted by molar-refractivity contribution is 6.33. The van der Waals surface area contributed by atoms with E-state index in [-0.39, 0.29) is 18.4 Å². The number of likely N-dealkylation sites (tertiary alicyclic amines) is 1. The first kappa shape index (κ1) is 41.7. The third-order valence-corrected chi connectivity index (χ3v) is 11.2. The number of halogens is 1. The molecule has 5 aromatic carbocycles. The number of nitrogens with zero attached hydrogens (tertiary/aromatic N) is 4. The number of nitrogens with one attached hydrogen (secondary N) is 1. The van der Waals surface area contributed by atoms with Gasteiger partial charge in [-0.2, -0.15) is 10.4 Å². The molecule has 0 saturated carbocycles. The maximum absolute atomic E-state index is 14.5. The minimum Gasteiger partial charge on any atom is -0.424 e. The number of ether oxygens (including phenoxy) is 2. The fourth-order valence-corrected chi connectivity index (χ4v) is 7.91. The van der Waals surface area contributed by atoms with Gasteiger partial charge in [0.25, 0.3) is 6.29 Å². The van der Waals surface area contributed by atoms with E-state index in [1.165, 1.54) is 4.90 Å². The quantitative estimate of drug-likeness (QED) is 0.0828. The van der Waals surface area contributed by atoms with Gasteiger partial charge in [-0.25, -0.2) is 9.48 Å². The molecule has 10 nitrogen and oxygen atoms in total. The molecule has 306 valence electrons. The number of carbonyl (C=O) groups is 3. The molecular weight excluding hydrogens is 774 g/mol. The predicted molar refractivity (Wildman–Crippen MR) is 233 cm³/mol. The van der Waals surface area contributed by atoms with E-state index in [1.807, 2.05) is 91.3 Å². The summed E-state index contributed by atoms with van der Waals surface area (Å²) in [6, 6.07) is 43.6. The molecular formula is C49H48ClN5O5. The molecule has 2 amide bonds. The average molecular weight is 822 g/mol. The number of rotatable bonds is 10. The summed E-state index contributed by atoms with van der Waals surface area (Å²) in [5, 5.41) is 19.4. The first-order chi connectivity index (χ1) is 28.8. The molecule has 6 aromatic rings. The van der Waals surface area contributed by atoms with Crippen molar-refractivity contribution in [1.29, 1.82) is 5.26 Å². The number of piperidine rings is 1. The standard InChI is InChI=1S/C49H48ClN5O5/c1-32(2)45(59-46(57)48(3,4)5)60-47(58)54-27-15-16-35(31-54)44(56)52-43-40-29-34(39-28-33(30-51)23-25-41(39)50)24-26-42(40)55(53-43)49(36-17-9-6-10-18-36,37-19-11-7-12-20-37)38-21-13-8-14-22-38/h6-14,17-26,28-29,32,35,45H,15-16,27,31H2,1-5H3,(H,52,53,56)/t35-,45?/m1/s1. The summed E-state index contributed by atoms with van der Waals surface area (Å²) in [5.41, 5.74) is 3.68. The zero-order valence-electron chi connectivity index (χ0n) is 34.4. The lowest BCUT2D eigenvalue weighted by molar-refractivity contribution is -0.185. The van der Waals surface area contributed by atoms with Crippen molar-refractivity contribution >= 4 is 46.3 Å². The number of aromatic nitrogens is 2. The molecule has 1 aliphatic rings. The lowest BCUT2D eigenvalue weighted by Gasteiger charge is -2.37. The highest BCUT2D eigenvalue weighted by Crippen LogP contribution is 2.44. The van der Waals surface area contributed by atoms with Crippen LogP contribution in [0.5, 0.6) is 0 Å². The van der Waals surface area contributed by atoms with Crippen molar-refractivity contribution in [3.63, 3.8) is 0 Å². The van der Waals surface area contributed by atoms with Crippen molar-refractivity contribution in [2.75, 3.05) is 18.4 Å². The van der Waals surface area contributed by atoms with Crippen LogP contribution in [0.15, 0.2) is 127 Å². The van der Waals surface area contributed by atoms with Crippen LogP contribution in [-0.4, -0.2) is 52.0 Å². The summed E-state index contributed by atoms with van der Waals surface area (Å²) < 4.78 is 13.3. The Morgan fingerprint density at radius 1 is 0.833 bits per heavy atom. The minimum atomic E-state index is -1.08. The molecule has 1 N–H and O–H groups in total. The molecule has 60 heavy (non-hydrogen) atoms. The Bertz CT molecular complexity index is 2450. The largest absolute Gasteiger partial charge is 0.424 e. The van der Waals surface area contributed by atoms with Crippen molar-refractivity contribution in [1.82, 2.24) is 14.7 Å². The normalized spacial score (nSPS) is 15.0. The fourth-order valence-electron chi connectivity index (χ4n) is 7.68. The lowest BCUT2D eigenvalue weighted by Crippen LogP contribution is -2.46. The Balaban J connectivity index is 1.32. The average Bonchev–Trinajstić information content (AvgIpc) is 3.61. The van der Waals surface area contributed by atoms with Gasteiger partial charge in [-0.3, -0.25) is 9.59 Å². The van der Waals surface area contributed by atoms with Crippen LogP contribution in [0.3, 0.4) is 0 Å². The summed E-state index contributed by atoms with van der Waals surface area (Å²) in [6.07, 6.45) is -0.635. The van der Waals surface area contributed by atoms with Gasteiger partial charge < -0.3 is 19.7 Å². The molecule has 1 unspecified atom stereocenters. The summed E-state index contributed by atoms with van der Waals surface area (Å²) in [7, 11) is 0. The van der Waals surface area contributed by atoms with E-state index in [1.54, 1.807) is 39.0 Å². The monoisotopic (exact) mass is 821 g/mol. The van der Waals surface area contributed by atoms with Crippen molar-refractivity contribution in [2.24, 2.45) is 17.3 Å². The molecule has 1 aromatic heterocycles. The summed E-state index contributed by atoms with van der Waals surface area (Å²) in [4.78, 5) is 42.2. The Kier molecular flexibility index (Phi) is 12.1. The SMILES string of the molecule is CC(C)C(OC(=O)N1CCC[C@@H](C(=O)Nc2nn(C(c3ccccc3)(c3ccccc3)c3ccccc3)c3ccc(-c4cc(C#N)ccc4Cl)cc23)C1)OC(=O)C(C)(C)C. The number of esters is 1. The third kappa shape index (κ3) is 8.36. The number of amides is 2. The molecule has 0 aliphatic carbocycles. The molecule has 0 radical (unpaired) electrons. The Hall–Kier alpha value is -6.44. The number of carbonyl (C=O) groups excluding carboxylic acids is 3. The van der Waals surface area contributed by atoms with Gasteiger partial charge in [0.2, 0.25) is 5.91 Å². The van der Waals surface area contributed by atoms with Crippen LogP contribution >= 0.6 is 11.6 Å².